The third-order valence-corrected chi connectivity index (χ3v) is 6.27. The molecule has 32 heavy (non-hydrogen) atoms. The predicted octanol–water partition coefficient (Wildman–Crippen LogP) is 4.85. The van der Waals surface area contributed by atoms with Crippen LogP contribution in [0.25, 0.3) is 10.3 Å². The van der Waals surface area contributed by atoms with Gasteiger partial charge in [0.1, 0.15) is 16.8 Å². The van der Waals surface area contributed by atoms with E-state index in [1.54, 1.807) is 19.1 Å². The first-order chi connectivity index (χ1) is 15.6. The molecule has 0 atom stereocenters. The van der Waals surface area contributed by atoms with Crippen molar-refractivity contribution in [1.29, 1.82) is 0 Å². The third-order valence-electron chi connectivity index (χ3n) is 5.30. The van der Waals surface area contributed by atoms with E-state index in [0.29, 0.717) is 17.0 Å². The van der Waals surface area contributed by atoms with E-state index < -0.39 is 0 Å². The molecule has 0 radical (unpaired) electrons. The maximum atomic E-state index is 13.6. The Hall–Kier alpha value is -3.14. The summed E-state index contributed by atoms with van der Waals surface area (Å²) in [5, 5.41) is 7.39. The van der Waals surface area contributed by atoms with Gasteiger partial charge in [0.2, 0.25) is 0 Å². The van der Waals surface area contributed by atoms with E-state index in [0.717, 1.165) is 54.1 Å². The number of halogens is 1. The van der Waals surface area contributed by atoms with Crippen LogP contribution in [0, 0.1) is 12.7 Å². The zero-order valence-corrected chi connectivity index (χ0v) is 18.5. The fourth-order valence-electron chi connectivity index (χ4n) is 3.64. The van der Waals surface area contributed by atoms with Crippen molar-refractivity contribution in [3.05, 3.63) is 65.7 Å². The molecule has 0 spiro atoms. The normalized spacial score (nSPS) is 14.6. The van der Waals surface area contributed by atoms with E-state index in [1.165, 1.54) is 29.3 Å². The molecule has 1 saturated heterocycles. The van der Waals surface area contributed by atoms with Crippen molar-refractivity contribution in [1.82, 2.24) is 19.9 Å². The van der Waals surface area contributed by atoms with Gasteiger partial charge in [0.25, 0.3) is 0 Å². The Morgan fingerprint density at radius 1 is 1.06 bits per heavy atom. The zero-order chi connectivity index (χ0) is 21.9. The van der Waals surface area contributed by atoms with Gasteiger partial charge in [0, 0.05) is 31.0 Å². The van der Waals surface area contributed by atoms with Gasteiger partial charge in [0.05, 0.1) is 13.2 Å². The highest BCUT2D eigenvalue weighted by molar-refractivity contribution is 7.22. The van der Waals surface area contributed by atoms with Crippen molar-refractivity contribution < 1.29 is 9.13 Å². The SMILES string of the molecule is Cc1cc(Nc2ncnc3nc(Nc4cccc(CN5CCOCC5)c4)sc23)ccc1F. The van der Waals surface area contributed by atoms with Gasteiger partial charge in [-0.1, -0.05) is 23.5 Å². The van der Waals surface area contributed by atoms with E-state index >= 15 is 0 Å². The molecule has 2 N–H and O–H groups in total. The summed E-state index contributed by atoms with van der Waals surface area (Å²) < 4.78 is 19.9. The van der Waals surface area contributed by atoms with E-state index in [1.807, 2.05) is 6.07 Å². The van der Waals surface area contributed by atoms with Crippen LogP contribution >= 0.6 is 11.3 Å². The summed E-state index contributed by atoms with van der Waals surface area (Å²) in [6, 6.07) is 13.3. The van der Waals surface area contributed by atoms with Crippen LogP contribution in [-0.4, -0.2) is 46.2 Å². The minimum atomic E-state index is -0.233. The second kappa shape index (κ2) is 9.15. The number of anilines is 4. The van der Waals surface area contributed by atoms with Gasteiger partial charge >= 0.3 is 0 Å². The molecule has 1 fully saturated rings. The number of nitrogens with zero attached hydrogens (tertiary/aromatic N) is 4. The number of morpholine rings is 1. The standard InChI is InChI=1S/C23H23FN6OS/c1-15-11-18(5-6-19(15)24)27-21-20-22(26-14-25-21)29-23(32-20)28-17-4-2-3-16(12-17)13-30-7-9-31-10-8-30/h2-6,11-12,14H,7-10,13H2,1H3,(H2,25,26,27,28,29). The Bertz CT molecular complexity index is 1240. The van der Waals surface area contributed by atoms with Crippen LogP contribution in [0.3, 0.4) is 0 Å². The molecule has 1 aliphatic rings. The lowest BCUT2D eigenvalue weighted by molar-refractivity contribution is 0.0342. The number of rotatable bonds is 6. The van der Waals surface area contributed by atoms with Crippen molar-refractivity contribution >= 4 is 44.0 Å². The number of aromatic nitrogens is 3. The number of nitrogens with one attached hydrogen (secondary N) is 2. The Labute approximate surface area is 189 Å². The van der Waals surface area contributed by atoms with Crippen LogP contribution in [0.1, 0.15) is 11.1 Å². The summed E-state index contributed by atoms with van der Waals surface area (Å²) in [7, 11) is 0. The third kappa shape index (κ3) is 4.69. The molecule has 0 amide bonds. The van der Waals surface area contributed by atoms with Crippen molar-refractivity contribution in [2.24, 2.45) is 0 Å². The van der Waals surface area contributed by atoms with Crippen LogP contribution in [-0.2, 0) is 11.3 Å². The number of hydrogen-bond acceptors (Lipinski definition) is 8. The first-order valence-electron chi connectivity index (χ1n) is 10.4. The highest BCUT2D eigenvalue weighted by atomic mass is 32.1. The maximum absolute atomic E-state index is 13.6. The summed E-state index contributed by atoms with van der Waals surface area (Å²) in [5.41, 5.74) is 4.17. The van der Waals surface area contributed by atoms with Crippen molar-refractivity contribution in [2.75, 3.05) is 36.9 Å². The molecule has 0 aliphatic carbocycles. The van der Waals surface area contributed by atoms with Crippen molar-refractivity contribution in [2.45, 2.75) is 13.5 Å². The van der Waals surface area contributed by atoms with E-state index in [-0.39, 0.29) is 5.82 Å². The fourth-order valence-corrected chi connectivity index (χ4v) is 4.53. The average Bonchev–Trinajstić information content (AvgIpc) is 3.21. The lowest BCUT2D eigenvalue weighted by Crippen LogP contribution is -2.35. The molecule has 0 bridgehead atoms. The molecule has 0 saturated carbocycles. The molecule has 4 aromatic rings. The smallest absolute Gasteiger partial charge is 0.189 e. The minimum absolute atomic E-state index is 0.233. The van der Waals surface area contributed by atoms with Gasteiger partial charge < -0.3 is 15.4 Å². The Balaban J connectivity index is 1.34. The van der Waals surface area contributed by atoms with Crippen LogP contribution in [0.5, 0.6) is 0 Å². The molecule has 1 aliphatic heterocycles. The van der Waals surface area contributed by atoms with Gasteiger partial charge in [-0.05, 0) is 48.4 Å². The zero-order valence-electron chi connectivity index (χ0n) is 17.6. The van der Waals surface area contributed by atoms with E-state index in [9.17, 15) is 4.39 Å². The van der Waals surface area contributed by atoms with Crippen molar-refractivity contribution in [3.63, 3.8) is 0 Å². The molecule has 7 nitrogen and oxygen atoms in total. The van der Waals surface area contributed by atoms with E-state index in [4.69, 9.17) is 4.74 Å². The number of hydrogen-bond donors (Lipinski definition) is 2. The summed E-state index contributed by atoms with van der Waals surface area (Å²) in [6.45, 7) is 6.12. The van der Waals surface area contributed by atoms with Crippen LogP contribution in [0.4, 0.5) is 26.7 Å². The Morgan fingerprint density at radius 2 is 1.91 bits per heavy atom. The number of aryl methyl sites for hydroxylation is 1. The minimum Gasteiger partial charge on any atom is -0.379 e. The first-order valence-corrected chi connectivity index (χ1v) is 11.3. The molecular formula is C23H23FN6OS. The van der Waals surface area contributed by atoms with Gasteiger partial charge in [-0.25, -0.2) is 14.4 Å². The number of fused-ring (bicyclic) bond motifs is 1. The van der Waals surface area contributed by atoms with Gasteiger partial charge in [-0.15, -0.1) is 0 Å². The summed E-state index contributed by atoms with van der Waals surface area (Å²) >= 11 is 1.48. The Morgan fingerprint density at radius 3 is 2.75 bits per heavy atom. The average molecular weight is 451 g/mol. The molecular weight excluding hydrogens is 427 g/mol. The maximum Gasteiger partial charge on any atom is 0.189 e. The summed E-state index contributed by atoms with van der Waals surface area (Å²) in [6.07, 6.45) is 1.48. The quantitative estimate of drug-likeness (QED) is 0.435. The molecule has 3 heterocycles. The van der Waals surface area contributed by atoms with Gasteiger partial charge in [-0.2, -0.15) is 4.98 Å². The molecule has 5 rings (SSSR count). The van der Waals surface area contributed by atoms with Crippen molar-refractivity contribution in [3.8, 4) is 0 Å². The second-order valence-electron chi connectivity index (χ2n) is 7.70. The lowest BCUT2D eigenvalue weighted by Gasteiger charge is -2.26. The molecule has 9 heteroatoms. The largest absolute Gasteiger partial charge is 0.379 e. The number of ether oxygens (including phenoxy) is 1. The first kappa shape index (κ1) is 20.7. The monoisotopic (exact) mass is 450 g/mol. The highest BCUT2D eigenvalue weighted by Gasteiger charge is 2.13. The Kier molecular flexibility index (Phi) is 5.93. The summed E-state index contributed by atoms with van der Waals surface area (Å²) in [4.78, 5) is 15.7. The van der Waals surface area contributed by atoms with Gasteiger partial charge in [0.15, 0.2) is 16.6 Å². The molecule has 0 unspecified atom stereocenters. The van der Waals surface area contributed by atoms with Crippen LogP contribution in [0.15, 0.2) is 48.8 Å². The predicted molar refractivity (Wildman–Crippen MR) is 125 cm³/mol. The summed E-state index contributed by atoms with van der Waals surface area (Å²) in [5.74, 6) is 0.413. The fraction of sp³-hybridized carbons (Fsp3) is 0.261. The second-order valence-corrected chi connectivity index (χ2v) is 8.70. The van der Waals surface area contributed by atoms with Crippen LogP contribution in [0.2, 0.25) is 0 Å². The number of thiazole rings is 1. The lowest BCUT2D eigenvalue weighted by atomic mass is 10.2. The molecule has 2 aromatic heterocycles. The number of benzene rings is 2. The molecule has 164 valence electrons. The van der Waals surface area contributed by atoms with Gasteiger partial charge in [-0.3, -0.25) is 4.90 Å². The van der Waals surface area contributed by atoms with Crippen LogP contribution < -0.4 is 10.6 Å². The molecule has 2 aromatic carbocycles. The van der Waals surface area contributed by atoms with E-state index in [2.05, 4.69) is 48.7 Å². The topological polar surface area (TPSA) is 75.2 Å². The highest BCUT2D eigenvalue weighted by Crippen LogP contribution is 2.33.